The van der Waals surface area contributed by atoms with Crippen molar-refractivity contribution in [3.8, 4) is 0 Å². The molecule has 0 aliphatic heterocycles. The Morgan fingerprint density at radius 1 is 1.40 bits per heavy atom. The van der Waals surface area contributed by atoms with E-state index < -0.39 is 6.10 Å². The summed E-state index contributed by atoms with van der Waals surface area (Å²) in [5.41, 5.74) is 0. The molecule has 0 amide bonds. The van der Waals surface area contributed by atoms with Gasteiger partial charge in [-0.05, 0) is 13.8 Å². The van der Waals surface area contributed by atoms with Crippen LogP contribution < -0.4 is 0 Å². The molecule has 0 aromatic carbocycles. The zero-order valence-electron chi connectivity index (χ0n) is 6.28. The van der Waals surface area contributed by atoms with Gasteiger partial charge in [0.2, 0.25) is 0 Å². The van der Waals surface area contributed by atoms with Crippen molar-refractivity contribution in [1.82, 2.24) is 0 Å². The summed E-state index contributed by atoms with van der Waals surface area (Å²) in [4.78, 5) is 9.18. The quantitative estimate of drug-likeness (QED) is 0.417. The minimum Gasteiger partial charge on any atom is -0.394 e. The summed E-state index contributed by atoms with van der Waals surface area (Å²) in [6, 6.07) is 0. The minimum absolute atomic E-state index is 0.00861. The van der Waals surface area contributed by atoms with E-state index in [0.29, 0.717) is 0 Å². The lowest BCUT2D eigenvalue weighted by Gasteiger charge is -2.08. The molecule has 0 aromatic rings. The van der Waals surface area contributed by atoms with Crippen LogP contribution in [-0.2, 0) is 9.78 Å². The molecule has 4 nitrogen and oxygen atoms in total. The summed E-state index contributed by atoms with van der Waals surface area (Å²) < 4.78 is 0. The Bertz CT molecular complexity index is 74.1. The Hall–Kier alpha value is -0.160. The van der Waals surface area contributed by atoms with Crippen LogP contribution in [0.1, 0.15) is 13.8 Å². The van der Waals surface area contributed by atoms with Crippen LogP contribution in [0.25, 0.3) is 0 Å². The zero-order chi connectivity index (χ0) is 7.98. The van der Waals surface area contributed by atoms with E-state index in [4.69, 9.17) is 10.2 Å². The minimum atomic E-state index is -0.848. The summed E-state index contributed by atoms with van der Waals surface area (Å²) in [7, 11) is 0. The van der Waals surface area contributed by atoms with Gasteiger partial charge >= 0.3 is 0 Å². The third-order valence-electron chi connectivity index (χ3n) is 0.732. The Morgan fingerprint density at radius 3 is 2.40 bits per heavy atom. The predicted molar refractivity (Wildman–Crippen MR) is 35.3 cm³/mol. The number of hydrogen-bond acceptors (Lipinski definition) is 4. The van der Waals surface area contributed by atoms with Gasteiger partial charge < -0.3 is 10.2 Å². The second kappa shape index (κ2) is 5.61. The van der Waals surface area contributed by atoms with Gasteiger partial charge in [0.1, 0.15) is 12.7 Å². The van der Waals surface area contributed by atoms with Crippen LogP contribution in [0.5, 0.6) is 0 Å². The van der Waals surface area contributed by atoms with Gasteiger partial charge in [-0.25, -0.2) is 9.78 Å². The Kier molecular flexibility index (Phi) is 5.52. The standard InChI is InChI=1S/C6H14O4/c1-5(2)10-9-4-6(8)3-7/h5-8H,3-4H2,1-2H3. The fourth-order valence-electron chi connectivity index (χ4n) is 0.307. The summed E-state index contributed by atoms with van der Waals surface area (Å²) >= 11 is 0. The highest BCUT2D eigenvalue weighted by Gasteiger charge is 2.02. The second-order valence-corrected chi connectivity index (χ2v) is 2.27. The first-order chi connectivity index (χ1) is 4.66. The Balaban J connectivity index is 3.03. The van der Waals surface area contributed by atoms with Gasteiger partial charge in [0, 0.05) is 0 Å². The van der Waals surface area contributed by atoms with Crippen LogP contribution in [0.15, 0.2) is 0 Å². The van der Waals surface area contributed by atoms with Crippen molar-refractivity contribution in [2.24, 2.45) is 0 Å². The topological polar surface area (TPSA) is 58.9 Å². The third-order valence-corrected chi connectivity index (χ3v) is 0.732. The first kappa shape index (κ1) is 9.84. The van der Waals surface area contributed by atoms with E-state index in [1.807, 2.05) is 13.8 Å². The Labute approximate surface area is 60.3 Å². The molecule has 0 spiro atoms. The van der Waals surface area contributed by atoms with Crippen molar-refractivity contribution >= 4 is 0 Å². The summed E-state index contributed by atoms with van der Waals surface area (Å²) in [6.07, 6.45) is -0.871. The molecule has 0 aliphatic carbocycles. The molecule has 0 heterocycles. The van der Waals surface area contributed by atoms with Crippen molar-refractivity contribution in [3.05, 3.63) is 0 Å². The highest BCUT2D eigenvalue weighted by molar-refractivity contribution is 4.45. The van der Waals surface area contributed by atoms with Crippen LogP contribution in [0.2, 0.25) is 0 Å². The highest BCUT2D eigenvalue weighted by Crippen LogP contribution is 1.90. The van der Waals surface area contributed by atoms with Gasteiger partial charge in [-0.3, -0.25) is 0 Å². The van der Waals surface area contributed by atoms with Crippen LogP contribution in [0.3, 0.4) is 0 Å². The Morgan fingerprint density at radius 2 is 2.00 bits per heavy atom. The van der Waals surface area contributed by atoms with E-state index in [-0.39, 0.29) is 19.3 Å². The molecule has 4 heteroatoms. The van der Waals surface area contributed by atoms with E-state index in [1.165, 1.54) is 0 Å². The molecule has 0 aliphatic rings. The average Bonchev–Trinajstić information content (AvgIpc) is 1.87. The van der Waals surface area contributed by atoms with Crippen molar-refractivity contribution in [3.63, 3.8) is 0 Å². The van der Waals surface area contributed by atoms with Crippen LogP contribution >= 0.6 is 0 Å². The number of rotatable bonds is 5. The van der Waals surface area contributed by atoms with Crippen molar-refractivity contribution in [1.29, 1.82) is 0 Å². The lowest BCUT2D eigenvalue weighted by molar-refractivity contribution is -0.327. The van der Waals surface area contributed by atoms with Gasteiger partial charge in [0.25, 0.3) is 0 Å². The van der Waals surface area contributed by atoms with Gasteiger partial charge in [-0.15, -0.1) is 0 Å². The summed E-state index contributed by atoms with van der Waals surface area (Å²) in [6.45, 7) is 3.33. The molecule has 0 aromatic heterocycles. The van der Waals surface area contributed by atoms with Gasteiger partial charge in [-0.1, -0.05) is 0 Å². The largest absolute Gasteiger partial charge is 0.394 e. The number of hydrogen-bond donors (Lipinski definition) is 2. The molecular formula is C6H14O4. The normalized spacial score (nSPS) is 14.1. The SMILES string of the molecule is CC(C)OOCC(O)CO. The maximum Gasteiger partial charge on any atom is 0.110 e. The molecule has 0 saturated heterocycles. The molecule has 10 heavy (non-hydrogen) atoms. The average molecular weight is 150 g/mol. The predicted octanol–water partition coefficient (Wildman–Crippen LogP) is -0.304. The molecule has 2 N–H and O–H groups in total. The molecule has 0 radical (unpaired) electrons. The number of aliphatic hydroxyl groups is 2. The molecule has 0 bridgehead atoms. The number of aliphatic hydroxyl groups excluding tert-OH is 2. The van der Waals surface area contributed by atoms with Crippen molar-refractivity contribution < 1.29 is 20.0 Å². The van der Waals surface area contributed by atoms with Crippen molar-refractivity contribution in [2.75, 3.05) is 13.2 Å². The second-order valence-electron chi connectivity index (χ2n) is 2.27. The van der Waals surface area contributed by atoms with Gasteiger partial charge in [-0.2, -0.15) is 0 Å². The molecule has 1 atom stereocenters. The van der Waals surface area contributed by atoms with Gasteiger partial charge in [0.05, 0.1) is 12.7 Å². The molecule has 0 rings (SSSR count). The van der Waals surface area contributed by atoms with Gasteiger partial charge in [0.15, 0.2) is 0 Å². The van der Waals surface area contributed by atoms with Crippen molar-refractivity contribution in [2.45, 2.75) is 26.1 Å². The monoisotopic (exact) mass is 150 g/mol. The zero-order valence-corrected chi connectivity index (χ0v) is 6.28. The van der Waals surface area contributed by atoms with Crippen LogP contribution in [0.4, 0.5) is 0 Å². The molecular weight excluding hydrogens is 136 g/mol. The fourth-order valence-corrected chi connectivity index (χ4v) is 0.307. The molecule has 62 valence electrons. The molecule has 0 saturated carbocycles. The van der Waals surface area contributed by atoms with E-state index >= 15 is 0 Å². The maximum absolute atomic E-state index is 8.72. The maximum atomic E-state index is 8.72. The lowest BCUT2D eigenvalue weighted by atomic mass is 10.4. The molecule has 0 fully saturated rings. The van der Waals surface area contributed by atoms with E-state index in [9.17, 15) is 0 Å². The first-order valence-electron chi connectivity index (χ1n) is 3.24. The van der Waals surface area contributed by atoms with Crippen LogP contribution in [-0.4, -0.2) is 35.6 Å². The van der Waals surface area contributed by atoms with E-state index in [2.05, 4.69) is 9.78 Å². The van der Waals surface area contributed by atoms with E-state index in [1.54, 1.807) is 0 Å². The highest BCUT2D eigenvalue weighted by atomic mass is 17.2. The lowest BCUT2D eigenvalue weighted by Crippen LogP contribution is -2.20. The summed E-state index contributed by atoms with van der Waals surface area (Å²) in [5, 5.41) is 17.0. The summed E-state index contributed by atoms with van der Waals surface area (Å²) in [5.74, 6) is 0. The van der Waals surface area contributed by atoms with Crippen LogP contribution in [0, 0.1) is 0 Å². The smallest absolute Gasteiger partial charge is 0.110 e. The fraction of sp³-hybridized carbons (Fsp3) is 1.00. The molecule has 1 unspecified atom stereocenters. The third kappa shape index (κ3) is 5.97. The first-order valence-corrected chi connectivity index (χ1v) is 3.24. The van der Waals surface area contributed by atoms with E-state index in [0.717, 1.165) is 0 Å².